The van der Waals surface area contributed by atoms with Gasteiger partial charge in [-0.3, -0.25) is 0 Å². The normalized spacial score (nSPS) is 12.7. The molecule has 3 N–H and O–H groups in total. The molecule has 1 aromatic heterocycles. The summed E-state index contributed by atoms with van der Waals surface area (Å²) in [6.07, 6.45) is 3.47. The highest BCUT2D eigenvalue weighted by Crippen LogP contribution is 2.30. The predicted octanol–water partition coefficient (Wildman–Crippen LogP) is 2.59. The van der Waals surface area contributed by atoms with Crippen molar-refractivity contribution in [3.63, 3.8) is 0 Å². The molecule has 4 heteroatoms. The van der Waals surface area contributed by atoms with Crippen molar-refractivity contribution in [3.8, 4) is 5.75 Å². The second-order valence-electron chi connectivity index (χ2n) is 4.61. The SMILES string of the molecule is COc1cc(C(C)C)ccc1C(N)c1ncc[nH]1. The lowest BCUT2D eigenvalue weighted by Gasteiger charge is -2.16. The number of ether oxygens (including phenoxy) is 1. The van der Waals surface area contributed by atoms with E-state index in [0.717, 1.165) is 17.1 Å². The maximum absolute atomic E-state index is 6.19. The molecule has 0 bridgehead atoms. The van der Waals surface area contributed by atoms with E-state index in [4.69, 9.17) is 10.5 Å². The third-order valence-corrected chi connectivity index (χ3v) is 3.07. The van der Waals surface area contributed by atoms with Crippen molar-refractivity contribution in [1.29, 1.82) is 0 Å². The minimum atomic E-state index is -0.295. The van der Waals surface area contributed by atoms with Gasteiger partial charge < -0.3 is 15.5 Å². The molecule has 1 unspecified atom stereocenters. The number of hydrogen-bond acceptors (Lipinski definition) is 3. The number of nitrogens with two attached hydrogens (primary N) is 1. The highest BCUT2D eigenvalue weighted by atomic mass is 16.5. The van der Waals surface area contributed by atoms with E-state index in [9.17, 15) is 0 Å². The van der Waals surface area contributed by atoms with E-state index in [0.29, 0.717) is 5.92 Å². The van der Waals surface area contributed by atoms with Gasteiger partial charge in [-0.25, -0.2) is 4.98 Å². The fraction of sp³-hybridized carbons (Fsp3) is 0.357. The zero-order valence-corrected chi connectivity index (χ0v) is 11.0. The summed E-state index contributed by atoms with van der Waals surface area (Å²) in [5.74, 6) is 2.02. The molecule has 0 aliphatic heterocycles. The molecule has 1 aromatic carbocycles. The molecule has 0 saturated carbocycles. The molecule has 0 fully saturated rings. The smallest absolute Gasteiger partial charge is 0.127 e. The van der Waals surface area contributed by atoms with E-state index in [1.165, 1.54) is 5.56 Å². The number of aromatic amines is 1. The molecule has 18 heavy (non-hydrogen) atoms. The van der Waals surface area contributed by atoms with Crippen LogP contribution in [0.3, 0.4) is 0 Å². The summed E-state index contributed by atoms with van der Waals surface area (Å²) in [6, 6.07) is 5.85. The zero-order valence-electron chi connectivity index (χ0n) is 11.0. The van der Waals surface area contributed by atoms with Crippen molar-refractivity contribution >= 4 is 0 Å². The summed E-state index contributed by atoms with van der Waals surface area (Å²) < 4.78 is 5.43. The van der Waals surface area contributed by atoms with Gasteiger partial charge in [0.1, 0.15) is 11.6 Å². The summed E-state index contributed by atoms with van der Waals surface area (Å²) in [4.78, 5) is 7.22. The van der Waals surface area contributed by atoms with Crippen molar-refractivity contribution in [3.05, 3.63) is 47.5 Å². The molecule has 0 saturated heterocycles. The number of nitrogens with zero attached hydrogens (tertiary/aromatic N) is 1. The number of H-pyrrole nitrogens is 1. The first-order valence-electron chi connectivity index (χ1n) is 6.06. The van der Waals surface area contributed by atoms with E-state index >= 15 is 0 Å². The van der Waals surface area contributed by atoms with Crippen LogP contribution < -0.4 is 10.5 Å². The van der Waals surface area contributed by atoms with Crippen LogP contribution in [0.15, 0.2) is 30.6 Å². The van der Waals surface area contributed by atoms with Crippen molar-refractivity contribution in [1.82, 2.24) is 9.97 Å². The van der Waals surface area contributed by atoms with Gasteiger partial charge in [-0.1, -0.05) is 26.0 Å². The van der Waals surface area contributed by atoms with Crippen LogP contribution in [-0.4, -0.2) is 17.1 Å². The molecule has 0 aliphatic rings. The number of nitrogens with one attached hydrogen (secondary N) is 1. The summed E-state index contributed by atoms with van der Waals surface area (Å²) in [5.41, 5.74) is 8.37. The van der Waals surface area contributed by atoms with Gasteiger partial charge in [0.2, 0.25) is 0 Å². The first-order chi connectivity index (χ1) is 8.63. The van der Waals surface area contributed by atoms with Crippen LogP contribution in [0.1, 0.15) is 42.8 Å². The number of hydrogen-bond donors (Lipinski definition) is 2. The quantitative estimate of drug-likeness (QED) is 0.870. The van der Waals surface area contributed by atoms with Crippen LogP contribution in [0.25, 0.3) is 0 Å². The number of benzene rings is 1. The highest BCUT2D eigenvalue weighted by Gasteiger charge is 2.16. The highest BCUT2D eigenvalue weighted by molar-refractivity contribution is 5.42. The maximum Gasteiger partial charge on any atom is 0.127 e. The van der Waals surface area contributed by atoms with E-state index < -0.39 is 0 Å². The van der Waals surface area contributed by atoms with E-state index in [1.54, 1.807) is 19.5 Å². The molecule has 96 valence electrons. The van der Waals surface area contributed by atoms with E-state index in [-0.39, 0.29) is 6.04 Å². The van der Waals surface area contributed by atoms with Crippen LogP contribution in [0.4, 0.5) is 0 Å². The molecule has 0 amide bonds. The molecule has 4 nitrogen and oxygen atoms in total. The Bertz CT molecular complexity index is 506. The van der Waals surface area contributed by atoms with Crippen molar-refractivity contribution in [2.45, 2.75) is 25.8 Å². The Morgan fingerprint density at radius 3 is 2.67 bits per heavy atom. The average molecular weight is 245 g/mol. The lowest BCUT2D eigenvalue weighted by molar-refractivity contribution is 0.406. The van der Waals surface area contributed by atoms with Crippen LogP contribution >= 0.6 is 0 Å². The van der Waals surface area contributed by atoms with Gasteiger partial charge in [-0.05, 0) is 17.5 Å². The minimum absolute atomic E-state index is 0.295. The van der Waals surface area contributed by atoms with Crippen LogP contribution in [-0.2, 0) is 0 Å². The lowest BCUT2D eigenvalue weighted by atomic mass is 9.98. The Morgan fingerprint density at radius 2 is 2.11 bits per heavy atom. The van der Waals surface area contributed by atoms with Gasteiger partial charge in [0, 0.05) is 18.0 Å². The Labute approximate surface area is 107 Å². The molecule has 0 radical (unpaired) electrons. The molecule has 0 spiro atoms. The summed E-state index contributed by atoms with van der Waals surface area (Å²) in [5, 5.41) is 0. The van der Waals surface area contributed by atoms with Gasteiger partial charge in [0.05, 0.1) is 13.2 Å². The number of rotatable bonds is 4. The third kappa shape index (κ3) is 2.38. The summed E-state index contributed by atoms with van der Waals surface area (Å²) in [6.45, 7) is 4.31. The van der Waals surface area contributed by atoms with Gasteiger partial charge in [0.15, 0.2) is 0 Å². The second-order valence-corrected chi connectivity index (χ2v) is 4.61. The summed E-state index contributed by atoms with van der Waals surface area (Å²) in [7, 11) is 1.66. The molecule has 1 atom stereocenters. The van der Waals surface area contributed by atoms with Crippen molar-refractivity contribution in [2.24, 2.45) is 5.73 Å². The molecular formula is C14H19N3O. The maximum atomic E-state index is 6.19. The molecule has 1 heterocycles. The van der Waals surface area contributed by atoms with Gasteiger partial charge in [-0.15, -0.1) is 0 Å². The third-order valence-electron chi connectivity index (χ3n) is 3.07. The minimum Gasteiger partial charge on any atom is -0.496 e. The average Bonchev–Trinajstić information content (AvgIpc) is 2.90. The van der Waals surface area contributed by atoms with Gasteiger partial charge in [-0.2, -0.15) is 0 Å². The monoisotopic (exact) mass is 245 g/mol. The van der Waals surface area contributed by atoms with E-state index in [1.807, 2.05) is 12.1 Å². The standard InChI is InChI=1S/C14H19N3O/c1-9(2)10-4-5-11(12(8-10)18-3)13(15)14-16-6-7-17-14/h4-9,13H,15H2,1-3H3,(H,16,17). The molecule has 2 aromatic rings. The van der Waals surface area contributed by atoms with Crippen molar-refractivity contribution < 1.29 is 4.74 Å². The molecule has 0 aliphatic carbocycles. The zero-order chi connectivity index (χ0) is 13.1. The van der Waals surface area contributed by atoms with Crippen molar-refractivity contribution in [2.75, 3.05) is 7.11 Å². The Hall–Kier alpha value is -1.81. The van der Waals surface area contributed by atoms with Crippen LogP contribution in [0.5, 0.6) is 5.75 Å². The Morgan fingerprint density at radius 1 is 1.33 bits per heavy atom. The van der Waals surface area contributed by atoms with Gasteiger partial charge in [0.25, 0.3) is 0 Å². The first-order valence-corrected chi connectivity index (χ1v) is 6.06. The summed E-state index contributed by atoms with van der Waals surface area (Å²) >= 11 is 0. The molecule has 2 rings (SSSR count). The van der Waals surface area contributed by atoms with Gasteiger partial charge >= 0.3 is 0 Å². The largest absolute Gasteiger partial charge is 0.496 e. The predicted molar refractivity (Wildman–Crippen MR) is 71.7 cm³/mol. The topological polar surface area (TPSA) is 63.9 Å². The number of methoxy groups -OCH3 is 1. The second kappa shape index (κ2) is 5.23. The Kier molecular flexibility index (Phi) is 3.67. The molecular weight excluding hydrogens is 226 g/mol. The number of aromatic nitrogens is 2. The lowest BCUT2D eigenvalue weighted by Crippen LogP contribution is -2.15. The van der Waals surface area contributed by atoms with E-state index in [2.05, 4.69) is 29.9 Å². The van der Waals surface area contributed by atoms with Crippen LogP contribution in [0.2, 0.25) is 0 Å². The fourth-order valence-electron chi connectivity index (χ4n) is 1.94. The fourth-order valence-corrected chi connectivity index (χ4v) is 1.94. The number of imidazole rings is 1. The van der Waals surface area contributed by atoms with Crippen LogP contribution in [0, 0.1) is 0 Å². The Balaban J connectivity index is 2.38. The first kappa shape index (κ1) is 12.6.